The number of primary amides is 1. The van der Waals surface area contributed by atoms with Crippen molar-refractivity contribution in [3.8, 4) is 0 Å². The van der Waals surface area contributed by atoms with Crippen molar-refractivity contribution in [1.82, 2.24) is 10.6 Å². The summed E-state index contributed by atoms with van der Waals surface area (Å²) in [5, 5.41) is 5.06. The number of hydrogen-bond donors (Lipinski definition) is 4. The van der Waals surface area contributed by atoms with Crippen molar-refractivity contribution in [2.75, 3.05) is 13.1 Å². The van der Waals surface area contributed by atoms with Crippen LogP contribution in [0.25, 0.3) is 0 Å². The van der Waals surface area contributed by atoms with E-state index < -0.39 is 11.4 Å². The Kier molecular flexibility index (Phi) is 4.05. The third-order valence-electron chi connectivity index (χ3n) is 2.82. The summed E-state index contributed by atoms with van der Waals surface area (Å²) in [5.74, 6) is -0.155. The van der Waals surface area contributed by atoms with Crippen LogP contribution in [0, 0.1) is 5.41 Å². The van der Waals surface area contributed by atoms with Crippen LogP contribution >= 0.6 is 12.2 Å². The molecule has 0 saturated heterocycles. The van der Waals surface area contributed by atoms with Gasteiger partial charge in [0, 0.05) is 13.1 Å². The van der Waals surface area contributed by atoms with Gasteiger partial charge in [-0.2, -0.15) is 0 Å². The van der Waals surface area contributed by atoms with E-state index in [0.717, 1.165) is 6.42 Å². The van der Waals surface area contributed by atoms with Gasteiger partial charge in [-0.15, -0.1) is 0 Å². The number of nitrogens with one attached hydrogen (secondary N) is 2. The van der Waals surface area contributed by atoms with E-state index >= 15 is 0 Å². The van der Waals surface area contributed by atoms with Crippen molar-refractivity contribution in [3.05, 3.63) is 0 Å². The molecule has 3 amide bonds. The molecule has 0 atom stereocenters. The summed E-state index contributed by atoms with van der Waals surface area (Å²) in [6.45, 7) is 0.626. The molecule has 0 radical (unpaired) electrons. The number of urea groups is 1. The molecule has 1 aliphatic carbocycles. The highest BCUT2D eigenvalue weighted by atomic mass is 32.1. The molecular formula is C9H16N4O2S. The van der Waals surface area contributed by atoms with Gasteiger partial charge >= 0.3 is 6.03 Å². The predicted molar refractivity (Wildman–Crippen MR) is 63.7 cm³/mol. The molecule has 0 bridgehead atoms. The number of amides is 3. The molecule has 0 aromatic carbocycles. The van der Waals surface area contributed by atoms with Gasteiger partial charge in [0.1, 0.15) is 0 Å². The van der Waals surface area contributed by atoms with Gasteiger partial charge in [0.2, 0.25) is 5.91 Å². The Hall–Kier alpha value is -1.37. The van der Waals surface area contributed by atoms with E-state index in [9.17, 15) is 9.59 Å². The number of rotatable bonds is 5. The molecule has 1 saturated carbocycles. The van der Waals surface area contributed by atoms with Crippen LogP contribution in [-0.4, -0.2) is 30.0 Å². The third-order valence-corrected chi connectivity index (χ3v) is 3.21. The lowest BCUT2D eigenvalue weighted by Gasteiger charge is -2.39. The van der Waals surface area contributed by atoms with Gasteiger partial charge in [0.15, 0.2) is 0 Å². The summed E-state index contributed by atoms with van der Waals surface area (Å²) >= 11 is 4.90. The van der Waals surface area contributed by atoms with Crippen LogP contribution in [0.1, 0.15) is 19.3 Å². The van der Waals surface area contributed by atoms with Gasteiger partial charge in [-0.25, -0.2) is 4.79 Å². The molecule has 6 N–H and O–H groups in total. The van der Waals surface area contributed by atoms with Crippen LogP contribution in [0.3, 0.4) is 0 Å². The lowest BCUT2D eigenvalue weighted by Crippen LogP contribution is -2.54. The van der Waals surface area contributed by atoms with E-state index in [4.69, 9.17) is 23.7 Å². The molecule has 1 aliphatic rings. The van der Waals surface area contributed by atoms with Crippen molar-refractivity contribution < 1.29 is 9.59 Å². The molecule has 0 aromatic rings. The van der Waals surface area contributed by atoms with Crippen molar-refractivity contribution in [2.45, 2.75) is 19.3 Å². The number of thiocarbonyl (C=S) groups is 1. The van der Waals surface area contributed by atoms with E-state index in [-0.39, 0.29) is 10.9 Å². The first-order chi connectivity index (χ1) is 7.49. The highest BCUT2D eigenvalue weighted by Crippen LogP contribution is 2.41. The Morgan fingerprint density at radius 2 is 1.75 bits per heavy atom. The fourth-order valence-electron chi connectivity index (χ4n) is 1.65. The smallest absolute Gasteiger partial charge is 0.312 e. The summed E-state index contributed by atoms with van der Waals surface area (Å²) < 4.78 is 0. The minimum atomic E-state index is -0.665. The molecule has 6 nitrogen and oxygen atoms in total. The molecule has 1 rings (SSSR count). The Balaban J connectivity index is 2.34. The molecule has 1 fully saturated rings. The first kappa shape index (κ1) is 12.7. The van der Waals surface area contributed by atoms with Gasteiger partial charge in [-0.1, -0.05) is 18.6 Å². The first-order valence-corrected chi connectivity index (χ1v) is 5.51. The summed E-state index contributed by atoms with van der Waals surface area (Å²) in [6.07, 6.45) is 2.37. The van der Waals surface area contributed by atoms with E-state index in [1.54, 1.807) is 0 Å². The fraction of sp³-hybridized carbons (Fsp3) is 0.667. The van der Waals surface area contributed by atoms with Gasteiger partial charge < -0.3 is 22.1 Å². The monoisotopic (exact) mass is 244 g/mol. The zero-order valence-corrected chi connectivity index (χ0v) is 9.73. The molecule has 7 heteroatoms. The maximum absolute atomic E-state index is 11.8. The zero-order chi connectivity index (χ0) is 12.2. The normalized spacial score (nSPS) is 17.0. The number of nitrogens with two attached hydrogens (primary N) is 2. The average molecular weight is 244 g/mol. The average Bonchev–Trinajstić information content (AvgIpc) is 2.09. The van der Waals surface area contributed by atoms with Crippen molar-refractivity contribution in [2.24, 2.45) is 16.9 Å². The Morgan fingerprint density at radius 1 is 1.19 bits per heavy atom. The van der Waals surface area contributed by atoms with E-state index in [0.29, 0.717) is 25.9 Å². The summed E-state index contributed by atoms with van der Waals surface area (Å²) in [6, 6.07) is -0.609. The zero-order valence-electron chi connectivity index (χ0n) is 8.91. The molecule has 90 valence electrons. The minimum absolute atomic E-state index is 0.155. The predicted octanol–water partition coefficient (Wildman–Crippen LogP) is -0.773. The van der Waals surface area contributed by atoms with Gasteiger partial charge in [0.25, 0.3) is 0 Å². The highest BCUT2D eigenvalue weighted by Gasteiger charge is 2.46. The van der Waals surface area contributed by atoms with Crippen LogP contribution in [-0.2, 0) is 4.79 Å². The first-order valence-electron chi connectivity index (χ1n) is 5.10. The molecule has 0 heterocycles. The van der Waals surface area contributed by atoms with Crippen molar-refractivity contribution in [1.29, 1.82) is 0 Å². The maximum Gasteiger partial charge on any atom is 0.312 e. The maximum atomic E-state index is 11.8. The highest BCUT2D eigenvalue weighted by molar-refractivity contribution is 7.80. The summed E-state index contributed by atoms with van der Waals surface area (Å²) in [4.78, 5) is 22.4. The van der Waals surface area contributed by atoms with Crippen LogP contribution < -0.4 is 22.1 Å². The summed E-state index contributed by atoms with van der Waals surface area (Å²) in [5.41, 5.74) is 9.78. The molecule has 0 aromatic heterocycles. The van der Waals surface area contributed by atoms with Crippen LogP contribution in [0.2, 0.25) is 0 Å². The Bertz CT molecular complexity index is 315. The largest absolute Gasteiger partial charge is 0.392 e. The van der Waals surface area contributed by atoms with Crippen molar-refractivity contribution >= 4 is 29.1 Å². The van der Waals surface area contributed by atoms with E-state index in [1.165, 1.54) is 0 Å². The minimum Gasteiger partial charge on any atom is -0.392 e. The standard InChI is InChI=1S/C9H16N4O2S/c10-6(16)9(2-1-3-9)7(14)12-4-5-13-8(11)15/h1-5H2,(H2,10,16)(H,12,14)(H3,11,13,15). The van der Waals surface area contributed by atoms with Crippen LogP contribution in [0.15, 0.2) is 0 Å². The quantitative estimate of drug-likeness (QED) is 0.376. The molecule has 0 spiro atoms. The topological polar surface area (TPSA) is 110 Å². The van der Waals surface area contributed by atoms with Crippen LogP contribution in [0.5, 0.6) is 0 Å². The Labute approximate surface area is 99.1 Å². The number of carbonyl (C=O) groups is 2. The second-order valence-electron chi connectivity index (χ2n) is 3.85. The number of hydrogen-bond acceptors (Lipinski definition) is 3. The van der Waals surface area contributed by atoms with Gasteiger partial charge in [-0.3, -0.25) is 4.79 Å². The van der Waals surface area contributed by atoms with Crippen LogP contribution in [0.4, 0.5) is 4.79 Å². The lowest BCUT2D eigenvalue weighted by molar-refractivity contribution is -0.130. The summed E-state index contributed by atoms with van der Waals surface area (Å²) in [7, 11) is 0. The van der Waals surface area contributed by atoms with E-state index in [2.05, 4.69) is 10.6 Å². The second-order valence-corrected chi connectivity index (χ2v) is 4.29. The Morgan fingerprint density at radius 3 is 2.12 bits per heavy atom. The molecule has 0 unspecified atom stereocenters. The van der Waals surface area contributed by atoms with Crippen molar-refractivity contribution in [3.63, 3.8) is 0 Å². The SMILES string of the molecule is NC(=O)NCCNC(=O)C1(C(N)=S)CCC1. The molecule has 16 heavy (non-hydrogen) atoms. The fourth-order valence-corrected chi connectivity index (χ4v) is 1.94. The third kappa shape index (κ3) is 2.60. The molecule has 0 aliphatic heterocycles. The lowest BCUT2D eigenvalue weighted by atomic mass is 9.68. The van der Waals surface area contributed by atoms with Gasteiger partial charge in [0.05, 0.1) is 10.4 Å². The van der Waals surface area contributed by atoms with Gasteiger partial charge in [-0.05, 0) is 12.8 Å². The van der Waals surface area contributed by atoms with E-state index in [1.807, 2.05) is 0 Å². The second kappa shape index (κ2) is 5.11. The number of carbonyl (C=O) groups excluding carboxylic acids is 2. The molecular weight excluding hydrogens is 228 g/mol.